The van der Waals surface area contributed by atoms with Crippen molar-refractivity contribution in [2.45, 2.75) is 18.6 Å². The minimum atomic E-state index is -0.693. The molecule has 5 nitrogen and oxygen atoms in total. The lowest BCUT2D eigenvalue weighted by Crippen LogP contribution is -2.32. The third-order valence-corrected chi connectivity index (χ3v) is 3.83. The molecule has 0 aromatic heterocycles. The number of amides is 2. The lowest BCUT2D eigenvalue weighted by molar-refractivity contribution is -0.141. The van der Waals surface area contributed by atoms with E-state index in [-0.39, 0.29) is 17.6 Å². The zero-order valence-corrected chi connectivity index (χ0v) is 11.4. The molecule has 100 valence electrons. The number of benzene rings is 1. The number of carbonyl (C=O) groups is 3. The largest absolute Gasteiger partial charge is 0.469 e. The minimum absolute atomic E-state index is 0.0892. The smallest absolute Gasteiger partial charge is 0.307 e. The second kappa shape index (κ2) is 5.44. The van der Waals surface area contributed by atoms with E-state index in [1.54, 1.807) is 12.1 Å². The van der Waals surface area contributed by atoms with Gasteiger partial charge in [0, 0.05) is 0 Å². The predicted molar refractivity (Wildman–Crippen MR) is 72.1 cm³/mol. The first-order valence-corrected chi connectivity index (χ1v) is 6.59. The number of anilines is 1. The third kappa shape index (κ3) is 2.78. The molecule has 1 aromatic rings. The summed E-state index contributed by atoms with van der Waals surface area (Å²) in [4.78, 5) is 36.3. The number of rotatable bonds is 3. The van der Waals surface area contributed by atoms with Crippen molar-refractivity contribution in [2.24, 2.45) is 0 Å². The standard InChI is InChI=1S/C13H13NO4S/c1-8-3-5-9(6-4-8)14-12(16)10(19-13(14)17)7-11(15)18-2/h3-6,10H,7H2,1-2H3/t10-/m1/s1. The van der Waals surface area contributed by atoms with Crippen molar-refractivity contribution in [1.82, 2.24) is 0 Å². The molecule has 1 aliphatic rings. The molecule has 2 rings (SSSR count). The lowest BCUT2D eigenvalue weighted by Gasteiger charge is -2.13. The number of esters is 1. The van der Waals surface area contributed by atoms with E-state index < -0.39 is 11.2 Å². The van der Waals surface area contributed by atoms with E-state index in [9.17, 15) is 14.4 Å². The molecule has 0 saturated carbocycles. The SMILES string of the molecule is COC(=O)C[C@H]1SC(=O)N(c2ccc(C)cc2)C1=O. The Bertz CT molecular complexity index is 526. The van der Waals surface area contributed by atoms with Gasteiger partial charge in [0.25, 0.3) is 5.24 Å². The number of methoxy groups -OCH3 is 1. The molecule has 0 N–H and O–H groups in total. The number of hydrogen-bond acceptors (Lipinski definition) is 5. The molecule has 0 aliphatic carbocycles. The molecule has 1 atom stereocenters. The number of ether oxygens (including phenoxy) is 1. The molecular weight excluding hydrogens is 266 g/mol. The number of carbonyl (C=O) groups excluding carboxylic acids is 3. The topological polar surface area (TPSA) is 63.7 Å². The third-order valence-electron chi connectivity index (χ3n) is 2.79. The summed E-state index contributed by atoms with van der Waals surface area (Å²) in [7, 11) is 1.26. The molecule has 0 unspecified atom stereocenters. The van der Waals surface area contributed by atoms with Crippen LogP contribution in [0.5, 0.6) is 0 Å². The summed E-state index contributed by atoms with van der Waals surface area (Å²) in [5.41, 5.74) is 1.57. The van der Waals surface area contributed by atoms with E-state index in [1.165, 1.54) is 7.11 Å². The Morgan fingerprint density at radius 2 is 1.95 bits per heavy atom. The van der Waals surface area contributed by atoms with Gasteiger partial charge in [-0.15, -0.1) is 0 Å². The highest BCUT2D eigenvalue weighted by molar-refractivity contribution is 8.15. The van der Waals surface area contributed by atoms with E-state index in [0.717, 1.165) is 22.2 Å². The van der Waals surface area contributed by atoms with Crippen LogP contribution in [0.15, 0.2) is 24.3 Å². The highest BCUT2D eigenvalue weighted by Crippen LogP contribution is 2.33. The van der Waals surface area contributed by atoms with Crippen molar-refractivity contribution in [2.75, 3.05) is 12.0 Å². The van der Waals surface area contributed by atoms with Crippen molar-refractivity contribution < 1.29 is 19.1 Å². The number of nitrogens with zero attached hydrogens (tertiary/aromatic N) is 1. The van der Waals surface area contributed by atoms with Crippen LogP contribution in [-0.4, -0.2) is 29.5 Å². The summed E-state index contributed by atoms with van der Waals surface area (Å²) in [5.74, 6) is -0.867. The van der Waals surface area contributed by atoms with Crippen LogP contribution in [0.1, 0.15) is 12.0 Å². The summed E-state index contributed by atoms with van der Waals surface area (Å²) in [6.45, 7) is 1.92. The Hall–Kier alpha value is -1.82. The van der Waals surface area contributed by atoms with Gasteiger partial charge in [-0.1, -0.05) is 17.7 Å². The van der Waals surface area contributed by atoms with Crippen LogP contribution >= 0.6 is 11.8 Å². The fourth-order valence-corrected chi connectivity index (χ4v) is 2.72. The summed E-state index contributed by atoms with van der Waals surface area (Å²) >= 11 is 0.861. The number of hydrogen-bond donors (Lipinski definition) is 0. The molecule has 6 heteroatoms. The van der Waals surface area contributed by atoms with Crippen molar-refractivity contribution in [1.29, 1.82) is 0 Å². The van der Waals surface area contributed by atoms with Gasteiger partial charge >= 0.3 is 5.97 Å². The first-order valence-electron chi connectivity index (χ1n) is 5.71. The van der Waals surface area contributed by atoms with Gasteiger partial charge in [0.05, 0.1) is 19.2 Å². The van der Waals surface area contributed by atoms with E-state index in [2.05, 4.69) is 4.74 Å². The maximum atomic E-state index is 12.1. The fourth-order valence-electron chi connectivity index (χ4n) is 1.75. The van der Waals surface area contributed by atoms with E-state index in [0.29, 0.717) is 5.69 Å². The number of imide groups is 1. The summed E-state index contributed by atoms with van der Waals surface area (Å²) < 4.78 is 4.52. The van der Waals surface area contributed by atoms with Crippen LogP contribution in [0, 0.1) is 6.92 Å². The Kier molecular flexibility index (Phi) is 3.90. The quantitative estimate of drug-likeness (QED) is 0.793. The van der Waals surface area contributed by atoms with Crippen LogP contribution in [-0.2, 0) is 14.3 Å². The van der Waals surface area contributed by atoms with E-state index in [1.807, 2.05) is 19.1 Å². The van der Waals surface area contributed by atoms with Crippen molar-refractivity contribution in [3.63, 3.8) is 0 Å². The molecule has 2 amide bonds. The Labute approximate surface area is 114 Å². The first kappa shape index (κ1) is 13.6. The van der Waals surface area contributed by atoms with Gasteiger partial charge in [-0.2, -0.15) is 0 Å². The summed E-state index contributed by atoms with van der Waals surface area (Å²) in [6, 6.07) is 7.08. The predicted octanol–water partition coefficient (Wildman–Crippen LogP) is 2.13. The highest BCUT2D eigenvalue weighted by Gasteiger charge is 2.41. The van der Waals surface area contributed by atoms with Gasteiger partial charge in [0.1, 0.15) is 5.25 Å². The van der Waals surface area contributed by atoms with Crippen molar-refractivity contribution in [3.05, 3.63) is 29.8 Å². The van der Waals surface area contributed by atoms with E-state index in [4.69, 9.17) is 0 Å². The molecule has 0 radical (unpaired) electrons. The van der Waals surface area contributed by atoms with Crippen molar-refractivity contribution in [3.8, 4) is 0 Å². The fraction of sp³-hybridized carbons (Fsp3) is 0.308. The molecule has 1 saturated heterocycles. The average Bonchev–Trinajstić information content (AvgIpc) is 2.66. The maximum Gasteiger partial charge on any atom is 0.307 e. The van der Waals surface area contributed by atoms with Crippen LogP contribution in [0.4, 0.5) is 10.5 Å². The molecule has 0 bridgehead atoms. The second-order valence-corrected chi connectivity index (χ2v) is 5.32. The van der Waals surface area contributed by atoms with Gasteiger partial charge < -0.3 is 4.74 Å². The van der Waals surface area contributed by atoms with Crippen LogP contribution < -0.4 is 4.90 Å². The summed E-state index contributed by atoms with van der Waals surface area (Å²) in [6.07, 6.45) is -0.0892. The Balaban J connectivity index is 2.19. The van der Waals surface area contributed by atoms with Crippen molar-refractivity contribution >= 4 is 34.6 Å². The first-order chi connectivity index (χ1) is 9.02. The zero-order chi connectivity index (χ0) is 14.0. The molecular formula is C13H13NO4S. The average molecular weight is 279 g/mol. The molecule has 1 heterocycles. The highest BCUT2D eigenvalue weighted by atomic mass is 32.2. The molecule has 1 aliphatic heterocycles. The zero-order valence-electron chi connectivity index (χ0n) is 10.6. The minimum Gasteiger partial charge on any atom is -0.469 e. The Morgan fingerprint density at radius 3 is 2.53 bits per heavy atom. The van der Waals surface area contributed by atoms with Gasteiger partial charge in [-0.3, -0.25) is 14.4 Å². The number of thioether (sulfide) groups is 1. The van der Waals surface area contributed by atoms with Gasteiger partial charge in [0.2, 0.25) is 5.91 Å². The van der Waals surface area contributed by atoms with E-state index >= 15 is 0 Å². The van der Waals surface area contributed by atoms with Crippen LogP contribution in [0.25, 0.3) is 0 Å². The normalized spacial score (nSPS) is 18.8. The van der Waals surface area contributed by atoms with Gasteiger partial charge in [-0.05, 0) is 30.8 Å². The molecule has 1 aromatic carbocycles. The molecule has 19 heavy (non-hydrogen) atoms. The summed E-state index contributed by atoms with van der Waals surface area (Å²) in [5, 5.41) is -1.05. The van der Waals surface area contributed by atoms with Crippen LogP contribution in [0.3, 0.4) is 0 Å². The molecule has 0 spiro atoms. The van der Waals surface area contributed by atoms with Gasteiger partial charge in [0.15, 0.2) is 0 Å². The van der Waals surface area contributed by atoms with Crippen LogP contribution in [0.2, 0.25) is 0 Å². The monoisotopic (exact) mass is 279 g/mol. The van der Waals surface area contributed by atoms with Gasteiger partial charge in [-0.25, -0.2) is 4.90 Å². The second-order valence-electron chi connectivity index (χ2n) is 4.16. The maximum absolute atomic E-state index is 12.1. The molecule has 1 fully saturated rings. The number of aryl methyl sites for hydroxylation is 1. The lowest BCUT2D eigenvalue weighted by atomic mass is 10.2. The Morgan fingerprint density at radius 1 is 1.32 bits per heavy atom.